The minimum atomic E-state index is -4.26. The Kier molecular flexibility index (Phi) is 5.14. The summed E-state index contributed by atoms with van der Waals surface area (Å²) in [5.74, 6) is 0. The van der Waals surface area contributed by atoms with Gasteiger partial charge in [0, 0.05) is 19.5 Å². The Morgan fingerprint density at radius 3 is 2.56 bits per heavy atom. The molecule has 1 aromatic rings. The zero-order valence-electron chi connectivity index (χ0n) is 9.33. The van der Waals surface area contributed by atoms with Crippen LogP contribution in [-0.2, 0) is 16.6 Å². The molecule has 0 aromatic carbocycles. The minimum Gasteiger partial charge on any atom is -0.326 e. The minimum absolute atomic E-state index is 0.0648. The number of alkyl halides is 3. The zero-order chi connectivity index (χ0) is 13.8. The van der Waals surface area contributed by atoms with E-state index in [9.17, 15) is 21.6 Å². The molecule has 0 saturated carbocycles. The van der Waals surface area contributed by atoms with Crippen molar-refractivity contribution in [2.24, 2.45) is 5.73 Å². The highest BCUT2D eigenvalue weighted by Gasteiger charge is 2.26. The first kappa shape index (κ1) is 15.4. The number of hydrogen-bond donors (Lipinski definition) is 2. The molecule has 18 heavy (non-hydrogen) atoms. The van der Waals surface area contributed by atoms with E-state index in [1.165, 1.54) is 6.07 Å². The highest BCUT2D eigenvalue weighted by Crippen LogP contribution is 2.22. The summed E-state index contributed by atoms with van der Waals surface area (Å²) in [6.07, 6.45) is -5.55. The molecule has 0 bridgehead atoms. The monoisotopic (exact) mass is 302 g/mol. The van der Waals surface area contributed by atoms with Gasteiger partial charge in [-0.1, -0.05) is 0 Å². The summed E-state index contributed by atoms with van der Waals surface area (Å²) >= 11 is 0.992. The standard InChI is InChI=1S/C9H13F3N2O2S2/c10-9(11,12)2-1-3-14-18(15,16)8-4-7(5-13)6-17-8/h4,6,14H,1-3,5,13H2. The second kappa shape index (κ2) is 6.00. The third kappa shape index (κ3) is 4.92. The molecule has 0 aliphatic carbocycles. The van der Waals surface area contributed by atoms with Crippen LogP contribution in [0.4, 0.5) is 13.2 Å². The van der Waals surface area contributed by atoms with E-state index in [2.05, 4.69) is 4.72 Å². The Balaban J connectivity index is 2.50. The maximum absolute atomic E-state index is 11.9. The predicted octanol–water partition coefficient (Wildman–Crippen LogP) is 1.83. The SMILES string of the molecule is NCc1csc(S(=O)(=O)NCCCC(F)(F)F)c1. The van der Waals surface area contributed by atoms with E-state index in [0.29, 0.717) is 5.56 Å². The van der Waals surface area contributed by atoms with Crippen LogP contribution in [0.25, 0.3) is 0 Å². The first-order valence-corrected chi connectivity index (χ1v) is 7.45. The second-order valence-electron chi connectivity index (χ2n) is 3.59. The number of thiophene rings is 1. The average Bonchev–Trinajstić information content (AvgIpc) is 2.72. The molecule has 0 aliphatic rings. The van der Waals surface area contributed by atoms with Crippen molar-refractivity contribution in [3.63, 3.8) is 0 Å². The summed E-state index contributed by atoms with van der Waals surface area (Å²) in [5.41, 5.74) is 6.02. The van der Waals surface area contributed by atoms with Gasteiger partial charge in [-0.25, -0.2) is 13.1 Å². The molecule has 0 spiro atoms. The number of rotatable bonds is 6. The summed E-state index contributed by atoms with van der Waals surface area (Å²) in [7, 11) is -3.72. The third-order valence-corrected chi connectivity index (χ3v) is 5.01. The van der Waals surface area contributed by atoms with Crippen LogP contribution in [0.15, 0.2) is 15.7 Å². The van der Waals surface area contributed by atoms with Crippen molar-refractivity contribution in [3.05, 3.63) is 17.0 Å². The smallest absolute Gasteiger partial charge is 0.326 e. The van der Waals surface area contributed by atoms with Crippen molar-refractivity contribution in [2.75, 3.05) is 6.54 Å². The molecule has 0 unspecified atom stereocenters. The van der Waals surface area contributed by atoms with Crippen LogP contribution in [0.2, 0.25) is 0 Å². The Morgan fingerprint density at radius 1 is 1.39 bits per heavy atom. The van der Waals surface area contributed by atoms with E-state index in [1.54, 1.807) is 5.38 Å². The van der Waals surface area contributed by atoms with Crippen LogP contribution >= 0.6 is 11.3 Å². The molecule has 0 aliphatic heterocycles. The van der Waals surface area contributed by atoms with Gasteiger partial charge in [-0.05, 0) is 23.4 Å². The van der Waals surface area contributed by atoms with Gasteiger partial charge in [-0.2, -0.15) is 13.2 Å². The largest absolute Gasteiger partial charge is 0.389 e. The van der Waals surface area contributed by atoms with Crippen LogP contribution in [0.5, 0.6) is 0 Å². The summed E-state index contributed by atoms with van der Waals surface area (Å²) in [6.45, 7) is -0.0161. The van der Waals surface area contributed by atoms with Gasteiger partial charge in [0.15, 0.2) is 0 Å². The highest BCUT2D eigenvalue weighted by atomic mass is 32.2. The van der Waals surface area contributed by atoms with Crippen molar-refractivity contribution in [1.29, 1.82) is 0 Å². The van der Waals surface area contributed by atoms with Crippen LogP contribution in [-0.4, -0.2) is 21.1 Å². The number of nitrogens with one attached hydrogen (secondary N) is 1. The van der Waals surface area contributed by atoms with E-state index in [1.807, 2.05) is 0 Å². The van der Waals surface area contributed by atoms with Gasteiger partial charge < -0.3 is 5.73 Å². The van der Waals surface area contributed by atoms with Crippen molar-refractivity contribution in [2.45, 2.75) is 29.8 Å². The number of hydrogen-bond acceptors (Lipinski definition) is 4. The fraction of sp³-hybridized carbons (Fsp3) is 0.556. The Morgan fingerprint density at radius 2 is 2.06 bits per heavy atom. The van der Waals surface area contributed by atoms with Crippen molar-refractivity contribution in [3.8, 4) is 0 Å². The van der Waals surface area contributed by atoms with Crippen LogP contribution in [0.1, 0.15) is 18.4 Å². The molecular weight excluding hydrogens is 289 g/mol. The van der Waals surface area contributed by atoms with E-state index >= 15 is 0 Å². The van der Waals surface area contributed by atoms with Gasteiger partial charge in [0.25, 0.3) is 0 Å². The van der Waals surface area contributed by atoms with E-state index < -0.39 is 22.6 Å². The summed E-state index contributed by atoms with van der Waals surface area (Å²) in [6, 6.07) is 1.41. The van der Waals surface area contributed by atoms with Gasteiger partial charge in [0.1, 0.15) is 4.21 Å². The van der Waals surface area contributed by atoms with Gasteiger partial charge in [-0.3, -0.25) is 0 Å². The second-order valence-corrected chi connectivity index (χ2v) is 6.50. The lowest BCUT2D eigenvalue weighted by molar-refractivity contribution is -0.135. The van der Waals surface area contributed by atoms with Gasteiger partial charge in [0.2, 0.25) is 10.0 Å². The first-order chi connectivity index (χ1) is 8.24. The van der Waals surface area contributed by atoms with Gasteiger partial charge in [-0.15, -0.1) is 11.3 Å². The Labute approximate surface area is 107 Å². The molecule has 3 N–H and O–H groups in total. The highest BCUT2D eigenvalue weighted by molar-refractivity contribution is 7.91. The number of halogens is 3. The van der Waals surface area contributed by atoms with E-state index in [0.717, 1.165) is 11.3 Å². The molecule has 1 aromatic heterocycles. The molecule has 0 radical (unpaired) electrons. The van der Waals surface area contributed by atoms with Crippen molar-refractivity contribution in [1.82, 2.24) is 4.72 Å². The molecule has 0 saturated heterocycles. The molecular formula is C9H13F3N2O2S2. The third-order valence-electron chi connectivity index (χ3n) is 2.06. The lowest BCUT2D eigenvalue weighted by Crippen LogP contribution is -2.25. The molecule has 9 heteroatoms. The van der Waals surface area contributed by atoms with Crippen LogP contribution in [0, 0.1) is 0 Å². The quantitative estimate of drug-likeness (QED) is 0.787. The van der Waals surface area contributed by atoms with Gasteiger partial charge >= 0.3 is 6.18 Å². The molecule has 0 atom stereocenters. The van der Waals surface area contributed by atoms with Crippen LogP contribution < -0.4 is 10.5 Å². The van der Waals surface area contributed by atoms with Crippen molar-refractivity contribution >= 4 is 21.4 Å². The number of nitrogens with two attached hydrogens (primary N) is 1. The lowest BCUT2D eigenvalue weighted by atomic mass is 10.3. The normalized spacial score (nSPS) is 12.9. The van der Waals surface area contributed by atoms with E-state index in [-0.39, 0.29) is 23.7 Å². The fourth-order valence-electron chi connectivity index (χ4n) is 1.17. The summed E-state index contributed by atoms with van der Waals surface area (Å²) in [4.78, 5) is 0. The molecule has 0 amide bonds. The Hall–Kier alpha value is -0.640. The van der Waals surface area contributed by atoms with Gasteiger partial charge in [0.05, 0.1) is 0 Å². The average molecular weight is 302 g/mol. The maximum atomic E-state index is 11.9. The molecule has 1 heterocycles. The van der Waals surface area contributed by atoms with E-state index in [4.69, 9.17) is 5.73 Å². The zero-order valence-corrected chi connectivity index (χ0v) is 11.0. The molecule has 4 nitrogen and oxygen atoms in total. The molecule has 104 valence electrons. The number of sulfonamides is 1. The van der Waals surface area contributed by atoms with Crippen molar-refractivity contribution < 1.29 is 21.6 Å². The summed E-state index contributed by atoms with van der Waals surface area (Å²) < 4.78 is 61.1. The first-order valence-electron chi connectivity index (χ1n) is 5.08. The fourth-order valence-corrected chi connectivity index (χ4v) is 3.51. The summed E-state index contributed by atoms with van der Waals surface area (Å²) in [5, 5.41) is 1.60. The van der Waals surface area contributed by atoms with Crippen LogP contribution in [0.3, 0.4) is 0 Å². The Bertz CT molecular complexity index is 482. The predicted molar refractivity (Wildman–Crippen MR) is 62.7 cm³/mol. The maximum Gasteiger partial charge on any atom is 0.389 e. The lowest BCUT2D eigenvalue weighted by Gasteiger charge is -2.07. The molecule has 0 fully saturated rings. The topological polar surface area (TPSA) is 72.2 Å². The molecule has 1 rings (SSSR count).